The molecule has 3 fully saturated rings. The molecular formula is C33H48AcO9Si. The van der Waals surface area contributed by atoms with Gasteiger partial charge in [-0.15, -0.1) is 0 Å². The van der Waals surface area contributed by atoms with E-state index in [1.54, 1.807) is 58.0 Å². The van der Waals surface area contributed by atoms with Crippen molar-refractivity contribution in [1.82, 2.24) is 0 Å². The van der Waals surface area contributed by atoms with E-state index in [0.717, 1.165) is 18.1 Å². The molecular weight excluding hydrogens is 795 g/mol. The van der Waals surface area contributed by atoms with Crippen LogP contribution in [0.4, 0.5) is 0 Å². The van der Waals surface area contributed by atoms with E-state index in [1.807, 2.05) is 0 Å². The van der Waals surface area contributed by atoms with Crippen molar-refractivity contribution in [2.24, 2.45) is 16.7 Å². The number of carbonyl (C=O) groups is 2. The molecule has 1 radical (unpaired) electrons. The van der Waals surface area contributed by atoms with E-state index < -0.39 is 78.5 Å². The average molecular weight is 844 g/mol. The van der Waals surface area contributed by atoms with E-state index in [0.29, 0.717) is 5.57 Å². The van der Waals surface area contributed by atoms with Crippen LogP contribution in [0.3, 0.4) is 0 Å². The first-order chi connectivity index (χ1) is 20.1. The third-order valence-corrected chi connectivity index (χ3v) is 16.6. The van der Waals surface area contributed by atoms with Crippen LogP contribution in [0, 0.1) is 60.8 Å². The fraction of sp³-hybridized carbons (Fsp3) is 0.697. The second kappa shape index (κ2) is 12.5. The van der Waals surface area contributed by atoms with Crippen LogP contribution in [0.5, 0.6) is 0 Å². The maximum Gasteiger partial charge on any atom is 0.338 e. The minimum Gasteiger partial charge on any atom is -0.455 e. The molecule has 0 aromatic heterocycles. The number of fused-ring (bicyclic) bond motifs is 5. The largest absolute Gasteiger partial charge is 0.455 e. The third-order valence-electron chi connectivity index (χ3n) is 11.9. The smallest absolute Gasteiger partial charge is 0.338 e. The van der Waals surface area contributed by atoms with Gasteiger partial charge in [-0.2, -0.15) is 0 Å². The minimum atomic E-state index is -2.36. The molecule has 5 rings (SSSR count). The third kappa shape index (κ3) is 5.11. The van der Waals surface area contributed by atoms with E-state index >= 15 is 0 Å². The van der Waals surface area contributed by atoms with Crippen LogP contribution < -0.4 is 0 Å². The van der Waals surface area contributed by atoms with Crippen LogP contribution in [0.1, 0.15) is 71.7 Å². The first-order valence-corrected chi connectivity index (χ1v) is 18.2. The maximum absolute atomic E-state index is 14.9. The van der Waals surface area contributed by atoms with Crippen molar-refractivity contribution >= 4 is 20.1 Å². The fourth-order valence-corrected chi connectivity index (χ4v) is 11.7. The van der Waals surface area contributed by atoms with Gasteiger partial charge in [-0.25, -0.2) is 4.79 Å². The number of esters is 1. The van der Waals surface area contributed by atoms with Gasteiger partial charge in [0.2, 0.25) is 0 Å². The Bertz CT molecular complexity index is 1290. The van der Waals surface area contributed by atoms with Crippen molar-refractivity contribution in [2.45, 2.75) is 121 Å². The summed E-state index contributed by atoms with van der Waals surface area (Å²) in [7, 11) is -2.36. The average Bonchev–Trinajstić information content (AvgIpc) is 2.98. The Morgan fingerprint density at radius 2 is 1.64 bits per heavy atom. The molecule has 2 saturated carbocycles. The van der Waals surface area contributed by atoms with Gasteiger partial charge >= 0.3 is 5.97 Å². The standard InChI is InChI=1S/C33H48O9Si.Ac/c1-8-43(9-2,10-3)42-22-16-23-32(38,18-40-23)26-28(41-29(37)20-14-12-11-13-15-20)33(39)17-21(34)19(4)24(30(33,5)6)25(35)27(36)31(22,26)7;/h11-15,21-23,25-26,28,34-35,38-39H,8-10,16-18H2,1-7H3;/t21?,22-,23?,25?,26?,28-,31?,32?,33?;/m0./s1. The Kier molecular flexibility index (Phi) is 10.3. The first kappa shape index (κ1) is 36.4. The van der Waals surface area contributed by atoms with E-state index in [2.05, 4.69) is 20.8 Å². The predicted octanol–water partition coefficient (Wildman–Crippen LogP) is 3.54. The molecule has 7 unspecified atom stereocenters. The van der Waals surface area contributed by atoms with Crippen LogP contribution in [0.15, 0.2) is 41.5 Å². The van der Waals surface area contributed by atoms with Crippen molar-refractivity contribution in [1.29, 1.82) is 0 Å². The van der Waals surface area contributed by atoms with E-state index in [9.17, 15) is 30.0 Å². The molecule has 9 atom stereocenters. The summed E-state index contributed by atoms with van der Waals surface area (Å²) in [4.78, 5) is 28.7. The molecule has 4 N–H and O–H groups in total. The van der Waals surface area contributed by atoms with Gasteiger partial charge in [-0.1, -0.05) is 52.8 Å². The zero-order valence-corrected chi connectivity index (χ0v) is 32.7. The van der Waals surface area contributed by atoms with Crippen molar-refractivity contribution in [3.05, 3.63) is 47.0 Å². The number of hydrogen-bond donors (Lipinski definition) is 4. The predicted molar refractivity (Wildman–Crippen MR) is 162 cm³/mol. The van der Waals surface area contributed by atoms with Crippen LogP contribution in [-0.2, 0) is 18.7 Å². The number of carbonyl (C=O) groups excluding carboxylic acids is 2. The number of Topliss-reactive ketones (excluding diaryl/α,β-unsaturated/α-hetero) is 1. The molecule has 0 spiro atoms. The van der Waals surface area contributed by atoms with Crippen LogP contribution in [-0.4, -0.2) is 88.8 Å². The summed E-state index contributed by atoms with van der Waals surface area (Å²) in [6.45, 7) is 12.9. The molecule has 1 aromatic carbocycles. The molecule has 2 bridgehead atoms. The summed E-state index contributed by atoms with van der Waals surface area (Å²) in [5.41, 5.74) is -5.69. The number of hydrogen-bond acceptors (Lipinski definition) is 9. The van der Waals surface area contributed by atoms with Gasteiger partial charge in [-0.05, 0) is 55.3 Å². The molecule has 3 aliphatic carbocycles. The summed E-state index contributed by atoms with van der Waals surface area (Å²) in [5.74, 6) is -2.51. The van der Waals surface area contributed by atoms with Crippen molar-refractivity contribution in [3.63, 3.8) is 0 Å². The summed E-state index contributed by atoms with van der Waals surface area (Å²) < 4.78 is 19.2. The zero-order valence-electron chi connectivity index (χ0n) is 27.0. The number of ketones is 1. The fourth-order valence-electron chi connectivity index (χ4n) is 8.72. The van der Waals surface area contributed by atoms with Crippen LogP contribution in [0.2, 0.25) is 18.1 Å². The number of aliphatic hydroxyl groups excluding tert-OH is 2. The second-order valence-corrected chi connectivity index (χ2v) is 18.7. The Balaban J connectivity index is 0.00000442. The second-order valence-electron chi connectivity index (χ2n) is 14.0. The Morgan fingerprint density at radius 3 is 2.16 bits per heavy atom. The molecule has 0 amide bonds. The quantitative estimate of drug-likeness (QED) is 0.184. The molecule has 1 heterocycles. The van der Waals surface area contributed by atoms with E-state index in [-0.39, 0.29) is 74.6 Å². The van der Waals surface area contributed by atoms with Gasteiger partial charge in [0.1, 0.15) is 23.4 Å². The number of rotatable bonds is 7. The van der Waals surface area contributed by atoms with Gasteiger partial charge in [0.25, 0.3) is 0 Å². The number of benzene rings is 1. The first-order valence-electron chi connectivity index (χ1n) is 15.7. The Labute approximate surface area is 297 Å². The molecule has 4 aliphatic rings. The van der Waals surface area contributed by atoms with Gasteiger partial charge in [-0.3, -0.25) is 4.79 Å². The summed E-state index contributed by atoms with van der Waals surface area (Å²) in [6, 6.07) is 10.8. The van der Waals surface area contributed by atoms with E-state index in [1.165, 1.54) is 0 Å². The van der Waals surface area contributed by atoms with Gasteiger partial charge in [0, 0.05) is 68.2 Å². The topological polar surface area (TPSA) is 143 Å². The summed E-state index contributed by atoms with van der Waals surface area (Å²) >= 11 is 0. The molecule has 44 heavy (non-hydrogen) atoms. The Hall–Kier alpha value is -0.482. The van der Waals surface area contributed by atoms with Crippen LogP contribution in [0.25, 0.3) is 0 Å². The molecule has 1 aliphatic heterocycles. The minimum absolute atomic E-state index is 0. The zero-order chi connectivity index (χ0) is 31.8. The monoisotopic (exact) mass is 843 g/mol. The molecule has 1 saturated heterocycles. The van der Waals surface area contributed by atoms with Crippen molar-refractivity contribution in [3.8, 4) is 0 Å². The molecule has 11 heteroatoms. The molecule has 9 nitrogen and oxygen atoms in total. The summed E-state index contributed by atoms with van der Waals surface area (Å²) in [6.07, 6.45) is -5.85. The van der Waals surface area contributed by atoms with Crippen molar-refractivity contribution in [2.75, 3.05) is 6.61 Å². The molecule has 241 valence electrons. The number of ether oxygens (including phenoxy) is 2. The van der Waals surface area contributed by atoms with Gasteiger partial charge in [0.05, 0.1) is 35.9 Å². The van der Waals surface area contributed by atoms with Gasteiger partial charge < -0.3 is 34.3 Å². The molecule has 1 aromatic rings. The van der Waals surface area contributed by atoms with Gasteiger partial charge in [0.15, 0.2) is 14.1 Å². The summed E-state index contributed by atoms with van der Waals surface area (Å²) in [5, 5.41) is 48.4. The number of aliphatic hydroxyl groups is 4. The normalized spacial score (nSPS) is 39.6. The maximum atomic E-state index is 14.9. The SMILES string of the molecule is CC[Si](CC)(CC)O[C@H]1CC2OCC2(O)C2[C@H](OC(=O)c3ccccc3)C3(O)CC(O)C(C)=C(C(O)C(=O)C21C)C3(C)C.[Ac]. The Morgan fingerprint density at radius 1 is 1.05 bits per heavy atom. The van der Waals surface area contributed by atoms with Crippen molar-refractivity contribution < 1.29 is 88.0 Å². The van der Waals surface area contributed by atoms with E-state index in [4.69, 9.17) is 13.9 Å². The van der Waals surface area contributed by atoms with Crippen LogP contribution >= 0.6 is 0 Å².